The van der Waals surface area contributed by atoms with Gasteiger partial charge in [-0.3, -0.25) is 0 Å². The Morgan fingerprint density at radius 1 is 0.531 bits per heavy atom. The maximum Gasteiger partial charge on any atom is 0.226 e. The molecule has 5 heteroatoms. The van der Waals surface area contributed by atoms with Gasteiger partial charge in [-0.1, -0.05) is 84.9 Å². The number of benzene rings is 4. The molecule has 0 saturated carbocycles. The van der Waals surface area contributed by atoms with Crippen LogP contribution in [0.5, 0.6) is 0 Å². The van der Waals surface area contributed by atoms with Crippen LogP contribution in [-0.2, 0) is 0 Å². The van der Waals surface area contributed by atoms with Crippen molar-refractivity contribution in [3.05, 3.63) is 102 Å². The predicted octanol–water partition coefficient (Wildman–Crippen LogP) is 7.16. The average molecular weight is 433 g/mol. The third-order valence-corrected chi connectivity index (χ3v) is 5.80. The SMILES string of the molecule is Clc1nc(-c2ccccc2)nc(-c2ccccc2-c2cccc3[nH]c4ccccc4c23)n1. The van der Waals surface area contributed by atoms with Crippen LogP contribution in [0.15, 0.2) is 97.1 Å². The molecular weight excluding hydrogens is 416 g/mol. The molecule has 2 heterocycles. The normalized spacial score (nSPS) is 11.3. The van der Waals surface area contributed by atoms with Crippen molar-refractivity contribution in [2.75, 3.05) is 0 Å². The lowest BCUT2D eigenvalue weighted by atomic mass is 9.95. The molecule has 2 aromatic heterocycles. The maximum atomic E-state index is 6.34. The van der Waals surface area contributed by atoms with Gasteiger partial charge in [-0.05, 0) is 34.9 Å². The van der Waals surface area contributed by atoms with Gasteiger partial charge in [-0.2, -0.15) is 9.97 Å². The van der Waals surface area contributed by atoms with E-state index in [1.54, 1.807) is 0 Å². The molecule has 6 rings (SSSR count). The molecule has 6 aromatic rings. The lowest BCUT2D eigenvalue weighted by Gasteiger charge is -2.11. The minimum Gasteiger partial charge on any atom is -0.354 e. The number of para-hydroxylation sites is 1. The van der Waals surface area contributed by atoms with E-state index in [-0.39, 0.29) is 5.28 Å². The van der Waals surface area contributed by atoms with Gasteiger partial charge in [0.2, 0.25) is 5.28 Å². The summed E-state index contributed by atoms with van der Waals surface area (Å²) in [6.07, 6.45) is 0. The number of H-pyrrole nitrogens is 1. The monoisotopic (exact) mass is 432 g/mol. The van der Waals surface area contributed by atoms with E-state index in [2.05, 4.69) is 57.4 Å². The first kappa shape index (κ1) is 18.7. The largest absolute Gasteiger partial charge is 0.354 e. The fourth-order valence-electron chi connectivity index (χ4n) is 4.23. The van der Waals surface area contributed by atoms with Crippen LogP contribution in [0.3, 0.4) is 0 Å². The second kappa shape index (κ2) is 7.59. The number of nitrogens with zero attached hydrogens (tertiary/aromatic N) is 3. The molecular formula is C27H17ClN4. The molecule has 0 unspecified atom stereocenters. The number of hydrogen-bond acceptors (Lipinski definition) is 3. The van der Waals surface area contributed by atoms with Crippen molar-refractivity contribution in [2.24, 2.45) is 0 Å². The van der Waals surface area contributed by atoms with E-state index in [9.17, 15) is 0 Å². The zero-order chi connectivity index (χ0) is 21.5. The van der Waals surface area contributed by atoms with E-state index >= 15 is 0 Å². The molecule has 0 aliphatic heterocycles. The van der Waals surface area contributed by atoms with Gasteiger partial charge in [-0.25, -0.2) is 4.98 Å². The van der Waals surface area contributed by atoms with E-state index in [0.717, 1.165) is 33.3 Å². The summed E-state index contributed by atoms with van der Waals surface area (Å²) in [5, 5.41) is 2.54. The number of hydrogen-bond donors (Lipinski definition) is 1. The smallest absolute Gasteiger partial charge is 0.226 e. The molecule has 0 spiro atoms. The summed E-state index contributed by atoms with van der Waals surface area (Å²) in [5.74, 6) is 1.11. The van der Waals surface area contributed by atoms with Gasteiger partial charge in [0.05, 0.1) is 0 Å². The summed E-state index contributed by atoms with van der Waals surface area (Å²) in [5.41, 5.74) is 6.18. The molecule has 152 valence electrons. The minimum atomic E-state index is 0.175. The first-order chi connectivity index (χ1) is 15.8. The molecule has 0 radical (unpaired) electrons. The fourth-order valence-corrected chi connectivity index (χ4v) is 4.39. The highest BCUT2D eigenvalue weighted by atomic mass is 35.5. The number of fused-ring (bicyclic) bond motifs is 3. The lowest BCUT2D eigenvalue weighted by molar-refractivity contribution is 1.07. The van der Waals surface area contributed by atoms with Crippen molar-refractivity contribution >= 4 is 33.4 Å². The lowest BCUT2D eigenvalue weighted by Crippen LogP contribution is -1.98. The molecule has 1 N–H and O–H groups in total. The minimum absolute atomic E-state index is 0.175. The summed E-state index contributed by atoms with van der Waals surface area (Å²) in [6.45, 7) is 0. The topological polar surface area (TPSA) is 54.5 Å². The van der Waals surface area contributed by atoms with E-state index < -0.39 is 0 Å². The van der Waals surface area contributed by atoms with Crippen molar-refractivity contribution in [1.82, 2.24) is 19.9 Å². The summed E-state index contributed by atoms with van der Waals surface area (Å²) >= 11 is 6.34. The standard InChI is InChI=1S/C27H17ClN4/c28-27-31-25(17-9-2-1-3-10-17)30-26(32-27)20-12-5-4-11-18(20)19-14-8-16-23-24(19)21-13-6-7-15-22(21)29-23/h1-16,29H. The van der Waals surface area contributed by atoms with Crippen molar-refractivity contribution in [2.45, 2.75) is 0 Å². The zero-order valence-electron chi connectivity index (χ0n) is 17.0. The number of halogens is 1. The summed E-state index contributed by atoms with van der Waals surface area (Å²) in [6, 6.07) is 32.6. The van der Waals surface area contributed by atoms with Crippen LogP contribution >= 0.6 is 11.6 Å². The zero-order valence-corrected chi connectivity index (χ0v) is 17.7. The van der Waals surface area contributed by atoms with Gasteiger partial charge in [0.15, 0.2) is 11.6 Å². The highest BCUT2D eigenvalue weighted by molar-refractivity contribution is 6.28. The van der Waals surface area contributed by atoms with E-state index in [1.165, 1.54) is 10.8 Å². The Bertz CT molecular complexity index is 1590. The van der Waals surface area contributed by atoms with E-state index in [0.29, 0.717) is 11.6 Å². The second-order valence-electron chi connectivity index (χ2n) is 7.56. The van der Waals surface area contributed by atoms with Crippen LogP contribution < -0.4 is 0 Å². The number of aromatic nitrogens is 4. The summed E-state index contributed by atoms with van der Waals surface area (Å²) in [4.78, 5) is 17.1. The molecule has 32 heavy (non-hydrogen) atoms. The molecule has 0 fully saturated rings. The maximum absolute atomic E-state index is 6.34. The second-order valence-corrected chi connectivity index (χ2v) is 7.90. The van der Waals surface area contributed by atoms with E-state index in [4.69, 9.17) is 16.6 Å². The first-order valence-electron chi connectivity index (χ1n) is 10.3. The first-order valence-corrected chi connectivity index (χ1v) is 10.7. The number of nitrogens with one attached hydrogen (secondary N) is 1. The Morgan fingerprint density at radius 2 is 1.19 bits per heavy atom. The van der Waals surface area contributed by atoms with Gasteiger partial charge < -0.3 is 4.98 Å². The Kier molecular flexibility index (Phi) is 4.44. The highest BCUT2D eigenvalue weighted by Crippen LogP contribution is 2.38. The molecule has 4 nitrogen and oxygen atoms in total. The van der Waals surface area contributed by atoms with Crippen LogP contribution in [0.2, 0.25) is 5.28 Å². The molecule has 0 atom stereocenters. The summed E-state index contributed by atoms with van der Waals surface area (Å²) < 4.78 is 0. The van der Waals surface area contributed by atoms with Crippen LogP contribution in [0.25, 0.3) is 55.7 Å². The Labute approximate surface area is 189 Å². The van der Waals surface area contributed by atoms with Gasteiger partial charge in [0.1, 0.15) is 0 Å². The number of rotatable bonds is 3. The Morgan fingerprint density at radius 3 is 2.06 bits per heavy atom. The van der Waals surface area contributed by atoms with E-state index in [1.807, 2.05) is 54.6 Å². The van der Waals surface area contributed by atoms with Crippen LogP contribution in [0.4, 0.5) is 0 Å². The Hall–Kier alpha value is -4.02. The van der Waals surface area contributed by atoms with Crippen LogP contribution in [0.1, 0.15) is 0 Å². The third kappa shape index (κ3) is 3.13. The highest BCUT2D eigenvalue weighted by Gasteiger charge is 2.16. The number of aromatic amines is 1. The molecule has 4 aromatic carbocycles. The van der Waals surface area contributed by atoms with Crippen molar-refractivity contribution in [1.29, 1.82) is 0 Å². The Balaban J connectivity index is 1.60. The quantitative estimate of drug-likeness (QED) is 0.322. The molecule has 0 aliphatic rings. The molecule has 0 bridgehead atoms. The fraction of sp³-hybridized carbons (Fsp3) is 0. The van der Waals surface area contributed by atoms with Gasteiger partial charge >= 0.3 is 0 Å². The molecule has 0 aliphatic carbocycles. The van der Waals surface area contributed by atoms with Crippen molar-refractivity contribution < 1.29 is 0 Å². The average Bonchev–Trinajstić information content (AvgIpc) is 3.23. The van der Waals surface area contributed by atoms with Crippen molar-refractivity contribution in [3.8, 4) is 33.9 Å². The van der Waals surface area contributed by atoms with Crippen LogP contribution in [-0.4, -0.2) is 19.9 Å². The van der Waals surface area contributed by atoms with Crippen molar-refractivity contribution in [3.63, 3.8) is 0 Å². The molecule has 0 saturated heterocycles. The third-order valence-electron chi connectivity index (χ3n) is 5.63. The van der Waals surface area contributed by atoms with Gasteiger partial charge in [0.25, 0.3) is 0 Å². The summed E-state index contributed by atoms with van der Waals surface area (Å²) in [7, 11) is 0. The van der Waals surface area contributed by atoms with Crippen LogP contribution in [0, 0.1) is 0 Å². The predicted molar refractivity (Wildman–Crippen MR) is 131 cm³/mol. The van der Waals surface area contributed by atoms with Gasteiger partial charge in [-0.15, -0.1) is 0 Å². The van der Waals surface area contributed by atoms with Gasteiger partial charge in [0, 0.05) is 32.9 Å². The molecule has 0 amide bonds.